The van der Waals surface area contributed by atoms with E-state index in [4.69, 9.17) is 0 Å². The smallest absolute Gasteiger partial charge is 0.0889 e. The van der Waals surface area contributed by atoms with Crippen molar-refractivity contribution in [3.63, 3.8) is 0 Å². The Bertz CT molecular complexity index is 648. The summed E-state index contributed by atoms with van der Waals surface area (Å²) in [7, 11) is 0. The lowest BCUT2D eigenvalue weighted by atomic mass is 10.1. The van der Waals surface area contributed by atoms with Crippen molar-refractivity contribution < 1.29 is 0 Å². The number of aromatic nitrogens is 2. The van der Waals surface area contributed by atoms with Gasteiger partial charge in [0, 0.05) is 18.3 Å². The van der Waals surface area contributed by atoms with Crippen molar-refractivity contribution >= 4 is 0 Å². The lowest BCUT2D eigenvalue weighted by molar-refractivity contribution is 1.07. The van der Waals surface area contributed by atoms with Gasteiger partial charge in [-0.15, -0.1) is 0 Å². The van der Waals surface area contributed by atoms with Crippen molar-refractivity contribution in [1.82, 2.24) is 9.97 Å². The van der Waals surface area contributed by atoms with Crippen LogP contribution in [-0.4, -0.2) is 9.97 Å². The molecule has 0 spiro atoms. The maximum absolute atomic E-state index is 4.66. The Balaban J connectivity index is 1.89. The minimum atomic E-state index is 0.793. The van der Waals surface area contributed by atoms with Crippen LogP contribution in [0.1, 0.15) is 11.3 Å². The van der Waals surface area contributed by atoms with E-state index in [-0.39, 0.29) is 0 Å². The van der Waals surface area contributed by atoms with Gasteiger partial charge in [-0.05, 0) is 35.9 Å². The Labute approximate surface area is 112 Å². The molecule has 1 aromatic carbocycles. The molecule has 0 atom stereocenters. The third-order valence-electron chi connectivity index (χ3n) is 2.88. The summed E-state index contributed by atoms with van der Waals surface area (Å²) in [6, 6.07) is 23.1. The van der Waals surface area contributed by atoms with Crippen LogP contribution in [0, 0.1) is 6.07 Å². The highest BCUT2D eigenvalue weighted by Gasteiger charge is 2.02. The van der Waals surface area contributed by atoms with E-state index in [2.05, 4.69) is 22.1 Å². The molecule has 0 aliphatic carbocycles. The van der Waals surface area contributed by atoms with Crippen LogP contribution in [0.25, 0.3) is 11.4 Å². The second kappa shape index (κ2) is 5.44. The summed E-state index contributed by atoms with van der Waals surface area (Å²) in [4.78, 5) is 8.98. The third-order valence-corrected chi connectivity index (χ3v) is 2.88. The Hall–Kier alpha value is -2.48. The minimum absolute atomic E-state index is 0.793. The van der Waals surface area contributed by atoms with E-state index in [0.29, 0.717) is 0 Å². The van der Waals surface area contributed by atoms with Crippen molar-refractivity contribution in [2.45, 2.75) is 6.42 Å². The molecular weight excluding hydrogens is 232 g/mol. The van der Waals surface area contributed by atoms with Gasteiger partial charge in [-0.1, -0.05) is 36.4 Å². The topological polar surface area (TPSA) is 25.8 Å². The molecule has 2 aromatic heterocycles. The van der Waals surface area contributed by atoms with Crippen LogP contribution in [0.3, 0.4) is 0 Å². The first-order chi connectivity index (χ1) is 9.42. The van der Waals surface area contributed by atoms with Crippen LogP contribution in [0.5, 0.6) is 0 Å². The first-order valence-corrected chi connectivity index (χ1v) is 6.25. The highest BCUT2D eigenvalue weighted by atomic mass is 14.8. The molecule has 1 radical (unpaired) electrons. The number of rotatable bonds is 3. The monoisotopic (exact) mass is 245 g/mol. The summed E-state index contributed by atoms with van der Waals surface area (Å²) in [6.45, 7) is 0. The van der Waals surface area contributed by atoms with Crippen LogP contribution in [-0.2, 0) is 6.42 Å². The summed E-state index contributed by atoms with van der Waals surface area (Å²) in [6.07, 6.45) is 2.58. The molecule has 0 N–H and O–H groups in total. The van der Waals surface area contributed by atoms with Crippen molar-refractivity contribution in [2.24, 2.45) is 0 Å². The van der Waals surface area contributed by atoms with Gasteiger partial charge < -0.3 is 0 Å². The Morgan fingerprint density at radius 2 is 1.74 bits per heavy atom. The molecule has 3 aromatic rings. The largest absolute Gasteiger partial charge is 0.255 e. The molecule has 0 aliphatic rings. The molecule has 2 nitrogen and oxygen atoms in total. The fourth-order valence-corrected chi connectivity index (χ4v) is 1.97. The SMILES string of the molecule is [c]1ccccc1Cc1cccc(-c2ccccn2)n1. The van der Waals surface area contributed by atoms with Crippen molar-refractivity contribution in [1.29, 1.82) is 0 Å². The average molecular weight is 245 g/mol. The van der Waals surface area contributed by atoms with E-state index in [1.54, 1.807) is 6.20 Å². The van der Waals surface area contributed by atoms with Gasteiger partial charge >= 0.3 is 0 Å². The zero-order chi connectivity index (χ0) is 12.9. The van der Waals surface area contributed by atoms with Gasteiger partial charge in [0.1, 0.15) is 0 Å². The highest BCUT2D eigenvalue weighted by molar-refractivity contribution is 5.53. The van der Waals surface area contributed by atoms with Gasteiger partial charge in [0.15, 0.2) is 0 Å². The summed E-state index contributed by atoms with van der Waals surface area (Å²) in [5.74, 6) is 0. The first kappa shape index (κ1) is 11.6. The fourth-order valence-electron chi connectivity index (χ4n) is 1.97. The van der Waals surface area contributed by atoms with Gasteiger partial charge in [0.2, 0.25) is 0 Å². The Kier molecular flexibility index (Phi) is 3.32. The molecule has 0 saturated carbocycles. The lowest BCUT2D eigenvalue weighted by Crippen LogP contribution is -1.94. The molecule has 3 rings (SSSR count). The van der Waals surface area contributed by atoms with Gasteiger partial charge in [0.05, 0.1) is 11.4 Å². The van der Waals surface area contributed by atoms with Gasteiger partial charge in [0.25, 0.3) is 0 Å². The van der Waals surface area contributed by atoms with Crippen LogP contribution in [0.2, 0.25) is 0 Å². The number of hydrogen-bond donors (Lipinski definition) is 0. The highest BCUT2D eigenvalue weighted by Crippen LogP contribution is 2.15. The van der Waals surface area contributed by atoms with Crippen molar-refractivity contribution in [3.05, 3.63) is 84.2 Å². The summed E-state index contributed by atoms with van der Waals surface area (Å²) >= 11 is 0. The Morgan fingerprint density at radius 3 is 2.53 bits per heavy atom. The average Bonchev–Trinajstić information content (AvgIpc) is 2.49. The molecular formula is C17H13N2. The molecule has 0 aliphatic heterocycles. The van der Waals surface area contributed by atoms with E-state index < -0.39 is 0 Å². The van der Waals surface area contributed by atoms with Crippen LogP contribution in [0.15, 0.2) is 66.9 Å². The molecule has 0 amide bonds. The van der Waals surface area contributed by atoms with Crippen molar-refractivity contribution in [3.8, 4) is 11.4 Å². The zero-order valence-corrected chi connectivity index (χ0v) is 10.5. The molecule has 19 heavy (non-hydrogen) atoms. The predicted molar refractivity (Wildman–Crippen MR) is 75.6 cm³/mol. The first-order valence-electron chi connectivity index (χ1n) is 6.25. The molecule has 2 heterocycles. The van der Waals surface area contributed by atoms with Crippen molar-refractivity contribution in [2.75, 3.05) is 0 Å². The number of benzene rings is 1. The van der Waals surface area contributed by atoms with Gasteiger partial charge in [-0.2, -0.15) is 0 Å². The molecule has 0 fully saturated rings. The normalized spacial score (nSPS) is 10.3. The van der Waals surface area contributed by atoms with Gasteiger partial charge in [-0.3, -0.25) is 9.97 Å². The van der Waals surface area contributed by atoms with E-state index in [9.17, 15) is 0 Å². The maximum atomic E-state index is 4.66. The summed E-state index contributed by atoms with van der Waals surface area (Å²) in [5.41, 5.74) is 3.99. The van der Waals surface area contributed by atoms with Gasteiger partial charge in [-0.25, -0.2) is 0 Å². The molecule has 0 saturated heterocycles. The lowest BCUT2D eigenvalue weighted by Gasteiger charge is -2.04. The predicted octanol–water partition coefficient (Wildman–Crippen LogP) is 3.53. The quantitative estimate of drug-likeness (QED) is 0.705. The van der Waals surface area contributed by atoms with Crippen LogP contribution in [0.4, 0.5) is 0 Å². The standard InChI is InChI=1S/C17H13N2/c1-2-7-14(8-3-1)13-15-9-6-11-17(19-15)16-10-4-5-12-18-16/h1-7,9-12H,13H2. The molecule has 2 heteroatoms. The maximum Gasteiger partial charge on any atom is 0.0889 e. The Morgan fingerprint density at radius 1 is 0.842 bits per heavy atom. The molecule has 91 valence electrons. The van der Waals surface area contributed by atoms with E-state index >= 15 is 0 Å². The second-order valence-electron chi connectivity index (χ2n) is 4.29. The third kappa shape index (κ3) is 2.86. The fraction of sp³-hybridized carbons (Fsp3) is 0.0588. The van der Waals surface area contributed by atoms with E-state index in [1.807, 2.05) is 54.6 Å². The van der Waals surface area contributed by atoms with E-state index in [1.165, 1.54) is 0 Å². The number of hydrogen-bond acceptors (Lipinski definition) is 2. The van der Waals surface area contributed by atoms with Crippen LogP contribution < -0.4 is 0 Å². The zero-order valence-electron chi connectivity index (χ0n) is 10.5. The molecule has 0 bridgehead atoms. The van der Waals surface area contributed by atoms with Crippen LogP contribution >= 0.6 is 0 Å². The molecule has 0 unspecified atom stereocenters. The number of nitrogens with zero attached hydrogens (tertiary/aromatic N) is 2. The summed E-state index contributed by atoms with van der Waals surface area (Å²) < 4.78 is 0. The second-order valence-corrected chi connectivity index (χ2v) is 4.29. The number of pyridine rings is 2. The summed E-state index contributed by atoms with van der Waals surface area (Å²) in [5, 5.41) is 0. The minimum Gasteiger partial charge on any atom is -0.255 e. The van der Waals surface area contributed by atoms with E-state index in [0.717, 1.165) is 29.1 Å².